The minimum atomic E-state index is -0.339. The molecule has 1 fully saturated rings. The quantitative estimate of drug-likeness (QED) is 0.769. The maximum absolute atomic E-state index is 12.1. The summed E-state index contributed by atoms with van der Waals surface area (Å²) >= 11 is 0. The van der Waals surface area contributed by atoms with E-state index in [4.69, 9.17) is 9.47 Å². The van der Waals surface area contributed by atoms with E-state index in [1.54, 1.807) is 0 Å². The number of fused-ring (bicyclic) bond motifs is 1. The number of hydrogen-bond donors (Lipinski definition) is 0. The van der Waals surface area contributed by atoms with Gasteiger partial charge in [-0.3, -0.25) is 4.79 Å². The van der Waals surface area contributed by atoms with Crippen LogP contribution in [0.15, 0.2) is 18.2 Å². The number of ether oxygens (including phenoxy) is 2. The van der Waals surface area contributed by atoms with E-state index in [9.17, 15) is 4.79 Å². The van der Waals surface area contributed by atoms with Crippen molar-refractivity contribution in [2.24, 2.45) is 0 Å². The summed E-state index contributed by atoms with van der Waals surface area (Å²) in [5.74, 6) is 0.121. The van der Waals surface area contributed by atoms with Crippen LogP contribution < -0.4 is 0 Å². The molecule has 0 bridgehead atoms. The highest BCUT2D eigenvalue weighted by atomic mass is 16.7. The molecule has 18 heavy (non-hydrogen) atoms. The van der Waals surface area contributed by atoms with Crippen LogP contribution in [0.2, 0.25) is 0 Å². The van der Waals surface area contributed by atoms with Gasteiger partial charge in [0, 0.05) is 5.56 Å². The van der Waals surface area contributed by atoms with Crippen molar-refractivity contribution in [2.45, 2.75) is 38.4 Å². The summed E-state index contributed by atoms with van der Waals surface area (Å²) in [6, 6.07) is 6.12. The average molecular weight is 246 g/mol. The average Bonchev–Trinajstić information content (AvgIpc) is 2.91. The molecule has 1 aliphatic heterocycles. The summed E-state index contributed by atoms with van der Waals surface area (Å²) in [6.07, 6.45) is 4.75. The Hall–Kier alpha value is -1.19. The fraction of sp³-hybridized carbons (Fsp3) is 0.533. The lowest BCUT2D eigenvalue weighted by Gasteiger charge is -2.16. The van der Waals surface area contributed by atoms with Gasteiger partial charge in [-0.15, -0.1) is 0 Å². The standard InChI is InChI=1S/C15H18O3/c16-14(10-15-17-7-8-18-15)13-6-5-11-3-1-2-4-12(11)9-13/h5-6,9,15H,1-4,7-8,10H2. The lowest BCUT2D eigenvalue weighted by molar-refractivity contribution is -0.0407. The molecule has 3 rings (SSSR count). The lowest BCUT2D eigenvalue weighted by atomic mass is 9.89. The Morgan fingerprint density at radius 2 is 1.83 bits per heavy atom. The van der Waals surface area contributed by atoms with E-state index >= 15 is 0 Å². The maximum atomic E-state index is 12.1. The zero-order valence-electron chi connectivity index (χ0n) is 10.5. The second-order valence-corrected chi connectivity index (χ2v) is 4.99. The number of carbonyl (C=O) groups is 1. The molecular weight excluding hydrogens is 228 g/mol. The monoisotopic (exact) mass is 246 g/mol. The molecule has 96 valence electrons. The maximum Gasteiger partial charge on any atom is 0.167 e. The fourth-order valence-electron chi connectivity index (χ4n) is 2.70. The second-order valence-electron chi connectivity index (χ2n) is 4.99. The molecule has 1 aromatic carbocycles. The van der Waals surface area contributed by atoms with Gasteiger partial charge in [0.15, 0.2) is 12.1 Å². The van der Waals surface area contributed by atoms with Crippen molar-refractivity contribution >= 4 is 5.78 Å². The molecule has 1 aromatic rings. The van der Waals surface area contributed by atoms with Gasteiger partial charge in [0.2, 0.25) is 0 Å². The van der Waals surface area contributed by atoms with E-state index in [0.717, 1.165) is 18.4 Å². The van der Waals surface area contributed by atoms with Gasteiger partial charge in [-0.25, -0.2) is 0 Å². The molecule has 1 saturated heterocycles. The van der Waals surface area contributed by atoms with Crippen molar-refractivity contribution in [1.82, 2.24) is 0 Å². The zero-order valence-corrected chi connectivity index (χ0v) is 10.5. The number of rotatable bonds is 3. The number of ketones is 1. The zero-order chi connectivity index (χ0) is 12.4. The first kappa shape index (κ1) is 11.9. The third-order valence-corrected chi connectivity index (χ3v) is 3.71. The second kappa shape index (κ2) is 5.21. The van der Waals surface area contributed by atoms with Gasteiger partial charge in [-0.1, -0.05) is 12.1 Å². The summed E-state index contributed by atoms with van der Waals surface area (Å²) in [7, 11) is 0. The lowest BCUT2D eigenvalue weighted by Crippen LogP contribution is -2.15. The predicted octanol–water partition coefficient (Wildman–Crippen LogP) is 2.51. The first-order valence-corrected chi connectivity index (χ1v) is 6.71. The topological polar surface area (TPSA) is 35.5 Å². The van der Waals surface area contributed by atoms with Crippen molar-refractivity contribution in [1.29, 1.82) is 0 Å². The van der Waals surface area contributed by atoms with Crippen molar-refractivity contribution in [3.05, 3.63) is 34.9 Å². The van der Waals surface area contributed by atoms with E-state index in [1.165, 1.54) is 24.0 Å². The first-order valence-electron chi connectivity index (χ1n) is 6.71. The number of benzene rings is 1. The molecule has 0 spiro atoms. The van der Waals surface area contributed by atoms with Gasteiger partial charge in [-0.05, 0) is 42.9 Å². The van der Waals surface area contributed by atoms with Crippen LogP contribution in [0.3, 0.4) is 0 Å². The fourth-order valence-corrected chi connectivity index (χ4v) is 2.70. The third-order valence-electron chi connectivity index (χ3n) is 3.71. The highest BCUT2D eigenvalue weighted by Gasteiger charge is 2.21. The van der Waals surface area contributed by atoms with E-state index in [1.807, 2.05) is 6.07 Å². The van der Waals surface area contributed by atoms with Gasteiger partial charge in [0.05, 0.1) is 19.6 Å². The molecule has 0 N–H and O–H groups in total. The Labute approximate surface area is 107 Å². The highest BCUT2D eigenvalue weighted by Crippen LogP contribution is 2.23. The molecule has 3 nitrogen and oxygen atoms in total. The smallest absolute Gasteiger partial charge is 0.167 e. The molecule has 0 saturated carbocycles. The molecule has 1 aliphatic carbocycles. The minimum Gasteiger partial charge on any atom is -0.350 e. The molecule has 0 atom stereocenters. The third kappa shape index (κ3) is 2.47. The predicted molar refractivity (Wildman–Crippen MR) is 67.7 cm³/mol. The Bertz CT molecular complexity index is 447. The summed E-state index contributed by atoms with van der Waals surface area (Å²) in [5, 5.41) is 0. The summed E-state index contributed by atoms with van der Waals surface area (Å²) in [5.41, 5.74) is 3.56. The molecule has 0 aromatic heterocycles. The van der Waals surface area contributed by atoms with E-state index in [2.05, 4.69) is 12.1 Å². The van der Waals surface area contributed by atoms with E-state index in [0.29, 0.717) is 19.6 Å². The van der Waals surface area contributed by atoms with Crippen LogP contribution in [0, 0.1) is 0 Å². The van der Waals surface area contributed by atoms with E-state index < -0.39 is 0 Å². The Kier molecular flexibility index (Phi) is 3.43. The van der Waals surface area contributed by atoms with Crippen LogP contribution in [0.5, 0.6) is 0 Å². The van der Waals surface area contributed by atoms with Crippen molar-refractivity contribution in [2.75, 3.05) is 13.2 Å². The number of carbonyl (C=O) groups excluding carboxylic acids is 1. The SMILES string of the molecule is O=C(CC1OCCO1)c1ccc2c(c1)CCCC2. The van der Waals surface area contributed by atoms with Crippen LogP contribution in [0.4, 0.5) is 0 Å². The highest BCUT2D eigenvalue weighted by molar-refractivity contribution is 5.96. The Morgan fingerprint density at radius 3 is 2.61 bits per heavy atom. The normalized spacial score (nSPS) is 19.8. The Morgan fingerprint density at radius 1 is 1.11 bits per heavy atom. The number of Topliss-reactive ketones (excluding diaryl/α,β-unsaturated/α-hetero) is 1. The van der Waals surface area contributed by atoms with Gasteiger partial charge < -0.3 is 9.47 Å². The van der Waals surface area contributed by atoms with Gasteiger partial charge in [-0.2, -0.15) is 0 Å². The molecule has 0 unspecified atom stereocenters. The van der Waals surface area contributed by atoms with Gasteiger partial charge >= 0.3 is 0 Å². The first-order chi connectivity index (χ1) is 8.83. The van der Waals surface area contributed by atoms with Crippen LogP contribution in [0.1, 0.15) is 40.7 Å². The van der Waals surface area contributed by atoms with Crippen molar-refractivity contribution in [3.63, 3.8) is 0 Å². The van der Waals surface area contributed by atoms with Crippen LogP contribution in [-0.4, -0.2) is 25.3 Å². The molecular formula is C15H18O3. The number of hydrogen-bond acceptors (Lipinski definition) is 3. The minimum absolute atomic E-state index is 0.121. The molecule has 3 heteroatoms. The largest absolute Gasteiger partial charge is 0.350 e. The van der Waals surface area contributed by atoms with Crippen LogP contribution in [0.25, 0.3) is 0 Å². The van der Waals surface area contributed by atoms with Crippen molar-refractivity contribution < 1.29 is 14.3 Å². The van der Waals surface area contributed by atoms with E-state index in [-0.39, 0.29) is 12.1 Å². The van der Waals surface area contributed by atoms with Crippen LogP contribution in [-0.2, 0) is 22.3 Å². The summed E-state index contributed by atoms with van der Waals surface area (Å²) in [6.45, 7) is 1.20. The van der Waals surface area contributed by atoms with Gasteiger partial charge in [0.1, 0.15) is 0 Å². The summed E-state index contributed by atoms with van der Waals surface area (Å²) in [4.78, 5) is 12.1. The summed E-state index contributed by atoms with van der Waals surface area (Å²) < 4.78 is 10.6. The Balaban J connectivity index is 1.73. The molecule has 1 heterocycles. The number of aryl methyl sites for hydroxylation is 2. The molecule has 0 amide bonds. The van der Waals surface area contributed by atoms with Crippen molar-refractivity contribution in [3.8, 4) is 0 Å². The van der Waals surface area contributed by atoms with Gasteiger partial charge in [0.25, 0.3) is 0 Å². The molecule has 0 radical (unpaired) electrons. The molecule has 2 aliphatic rings. The van der Waals surface area contributed by atoms with Crippen LogP contribution >= 0.6 is 0 Å².